The van der Waals surface area contributed by atoms with Crippen LogP contribution in [0.2, 0.25) is 5.02 Å². The summed E-state index contributed by atoms with van der Waals surface area (Å²) in [5.41, 5.74) is 0.919. The first-order chi connectivity index (χ1) is 15.0. The lowest BCUT2D eigenvalue weighted by Crippen LogP contribution is -2.44. The Labute approximate surface area is 194 Å². The molecule has 32 heavy (non-hydrogen) atoms. The number of hydrogen-bond donors (Lipinski definition) is 1. The Morgan fingerprint density at radius 3 is 2.50 bits per heavy atom. The van der Waals surface area contributed by atoms with E-state index in [0.29, 0.717) is 21.8 Å². The standard InChI is InChI=1S/C25H29ClN2O3S/c1-17-12-19(14-25(2,3)13-17)27-24(29)16-28-15-23(21-6-4-5-7-22(21)28)32(30,31)20-10-8-18(26)9-11-20/h4-11,15,17,19H,12-14,16H2,1-3H3,(H,27,29). The fraction of sp³-hybridized carbons (Fsp3) is 0.400. The van der Waals surface area contributed by atoms with Gasteiger partial charge < -0.3 is 9.88 Å². The quantitative estimate of drug-likeness (QED) is 0.536. The molecular weight excluding hydrogens is 444 g/mol. The average molecular weight is 473 g/mol. The summed E-state index contributed by atoms with van der Waals surface area (Å²) >= 11 is 5.93. The van der Waals surface area contributed by atoms with Crippen molar-refractivity contribution in [1.82, 2.24) is 9.88 Å². The van der Waals surface area contributed by atoms with Gasteiger partial charge in [0.25, 0.3) is 0 Å². The van der Waals surface area contributed by atoms with Crippen LogP contribution in [0.3, 0.4) is 0 Å². The molecule has 1 amide bonds. The molecule has 0 aliphatic heterocycles. The summed E-state index contributed by atoms with van der Waals surface area (Å²) in [5.74, 6) is 0.462. The predicted octanol–water partition coefficient (Wildman–Crippen LogP) is 5.46. The van der Waals surface area contributed by atoms with E-state index in [1.54, 1.807) is 35.0 Å². The minimum Gasteiger partial charge on any atom is -0.352 e. The zero-order valence-electron chi connectivity index (χ0n) is 18.6. The van der Waals surface area contributed by atoms with E-state index in [4.69, 9.17) is 11.6 Å². The normalized spacial score (nSPS) is 20.9. The van der Waals surface area contributed by atoms with Gasteiger partial charge in [-0.05, 0) is 60.9 Å². The van der Waals surface area contributed by atoms with E-state index >= 15 is 0 Å². The van der Waals surface area contributed by atoms with Gasteiger partial charge in [-0.25, -0.2) is 8.42 Å². The van der Waals surface area contributed by atoms with Gasteiger partial charge in [-0.15, -0.1) is 0 Å². The number of carbonyl (C=O) groups excluding carboxylic acids is 1. The fourth-order valence-electron chi connectivity index (χ4n) is 5.18. The maximum atomic E-state index is 13.3. The van der Waals surface area contributed by atoms with Crippen molar-refractivity contribution in [2.24, 2.45) is 11.3 Å². The maximum absolute atomic E-state index is 13.3. The van der Waals surface area contributed by atoms with Gasteiger partial charge in [0.05, 0.1) is 9.79 Å². The van der Waals surface area contributed by atoms with E-state index in [1.165, 1.54) is 12.1 Å². The number of hydrogen-bond acceptors (Lipinski definition) is 3. The van der Waals surface area contributed by atoms with Gasteiger partial charge in [-0.3, -0.25) is 4.79 Å². The van der Waals surface area contributed by atoms with Crippen molar-refractivity contribution in [2.75, 3.05) is 0 Å². The van der Waals surface area contributed by atoms with Crippen LogP contribution in [-0.2, 0) is 21.2 Å². The van der Waals surface area contributed by atoms with Gasteiger partial charge in [-0.2, -0.15) is 0 Å². The summed E-state index contributed by atoms with van der Waals surface area (Å²) in [6.07, 6.45) is 4.65. The van der Waals surface area contributed by atoms with Crippen LogP contribution in [0.15, 0.2) is 64.5 Å². The monoisotopic (exact) mass is 472 g/mol. The molecule has 4 rings (SSSR count). The Balaban J connectivity index is 1.62. The van der Waals surface area contributed by atoms with Crippen molar-refractivity contribution in [3.8, 4) is 0 Å². The first-order valence-corrected chi connectivity index (χ1v) is 12.8. The Bertz CT molecular complexity index is 1250. The van der Waals surface area contributed by atoms with Gasteiger partial charge in [0.2, 0.25) is 15.7 Å². The molecule has 2 unspecified atom stereocenters. The molecule has 0 saturated heterocycles. The highest BCUT2D eigenvalue weighted by atomic mass is 35.5. The molecule has 1 N–H and O–H groups in total. The second-order valence-electron chi connectivity index (χ2n) is 9.77. The molecule has 1 aliphatic rings. The molecule has 170 valence electrons. The SMILES string of the molecule is CC1CC(NC(=O)Cn2cc(S(=O)(=O)c3ccc(Cl)cc3)c3ccccc32)CC(C)(C)C1. The Hall–Kier alpha value is -2.31. The lowest BCUT2D eigenvalue weighted by atomic mass is 9.70. The molecule has 1 fully saturated rings. The number of amides is 1. The number of halogens is 1. The third-order valence-electron chi connectivity index (χ3n) is 6.23. The smallest absolute Gasteiger partial charge is 0.240 e. The molecule has 1 aliphatic carbocycles. The number of nitrogens with zero attached hydrogens (tertiary/aromatic N) is 1. The summed E-state index contributed by atoms with van der Waals surface area (Å²) in [7, 11) is -3.76. The second-order valence-corrected chi connectivity index (χ2v) is 12.1. The van der Waals surface area contributed by atoms with E-state index in [2.05, 4.69) is 26.1 Å². The van der Waals surface area contributed by atoms with Crippen molar-refractivity contribution >= 4 is 38.2 Å². The number of benzene rings is 2. The van der Waals surface area contributed by atoms with Crippen molar-refractivity contribution in [1.29, 1.82) is 0 Å². The van der Waals surface area contributed by atoms with Gasteiger partial charge in [0.1, 0.15) is 6.54 Å². The van der Waals surface area contributed by atoms with Gasteiger partial charge >= 0.3 is 0 Å². The lowest BCUT2D eigenvalue weighted by molar-refractivity contribution is -0.122. The Morgan fingerprint density at radius 2 is 1.81 bits per heavy atom. The van der Waals surface area contributed by atoms with Gasteiger partial charge in [0.15, 0.2) is 0 Å². The molecule has 2 atom stereocenters. The van der Waals surface area contributed by atoms with E-state index in [9.17, 15) is 13.2 Å². The largest absolute Gasteiger partial charge is 0.352 e. The van der Waals surface area contributed by atoms with E-state index in [-0.39, 0.29) is 33.7 Å². The fourth-order valence-corrected chi connectivity index (χ4v) is 6.79. The Kier molecular flexibility index (Phi) is 6.12. The molecule has 0 radical (unpaired) electrons. The third kappa shape index (κ3) is 4.71. The number of fused-ring (bicyclic) bond motifs is 1. The van der Waals surface area contributed by atoms with E-state index in [1.807, 2.05) is 12.1 Å². The number of aromatic nitrogens is 1. The predicted molar refractivity (Wildman–Crippen MR) is 128 cm³/mol. The van der Waals surface area contributed by atoms with Crippen LogP contribution in [0.25, 0.3) is 10.9 Å². The number of rotatable bonds is 5. The second kappa shape index (κ2) is 8.56. The van der Waals surface area contributed by atoms with E-state index in [0.717, 1.165) is 19.3 Å². The van der Waals surface area contributed by atoms with Crippen LogP contribution < -0.4 is 5.32 Å². The molecule has 5 nitrogen and oxygen atoms in total. The van der Waals surface area contributed by atoms with Gasteiger partial charge in [0, 0.05) is 28.2 Å². The lowest BCUT2D eigenvalue weighted by Gasteiger charge is -2.39. The van der Waals surface area contributed by atoms with Crippen LogP contribution in [0.1, 0.15) is 40.0 Å². The number of nitrogens with one attached hydrogen (secondary N) is 1. The van der Waals surface area contributed by atoms with Crippen LogP contribution >= 0.6 is 11.6 Å². The molecule has 0 bridgehead atoms. The zero-order chi connectivity index (χ0) is 23.1. The maximum Gasteiger partial charge on any atom is 0.240 e. The van der Waals surface area contributed by atoms with Crippen molar-refractivity contribution < 1.29 is 13.2 Å². The minimum absolute atomic E-state index is 0.0714. The highest BCUT2D eigenvalue weighted by Gasteiger charge is 2.33. The minimum atomic E-state index is -3.76. The van der Waals surface area contributed by atoms with E-state index < -0.39 is 9.84 Å². The molecular formula is C25H29ClN2O3S. The summed E-state index contributed by atoms with van der Waals surface area (Å²) in [6.45, 7) is 6.79. The van der Waals surface area contributed by atoms with Crippen LogP contribution in [-0.4, -0.2) is 24.9 Å². The Morgan fingerprint density at radius 1 is 1.12 bits per heavy atom. The molecule has 3 aromatic rings. The number of sulfone groups is 1. The first kappa shape index (κ1) is 22.9. The first-order valence-electron chi connectivity index (χ1n) is 10.9. The van der Waals surface area contributed by atoms with Crippen molar-refractivity contribution in [3.63, 3.8) is 0 Å². The number of para-hydroxylation sites is 1. The number of carbonyl (C=O) groups is 1. The molecule has 7 heteroatoms. The molecule has 1 aromatic heterocycles. The van der Waals surface area contributed by atoms with Crippen LogP contribution in [0.4, 0.5) is 0 Å². The molecule has 1 heterocycles. The zero-order valence-corrected chi connectivity index (χ0v) is 20.2. The average Bonchev–Trinajstić information content (AvgIpc) is 3.06. The molecule has 1 saturated carbocycles. The highest BCUT2D eigenvalue weighted by Crippen LogP contribution is 2.38. The highest BCUT2D eigenvalue weighted by molar-refractivity contribution is 7.91. The van der Waals surface area contributed by atoms with Crippen LogP contribution in [0, 0.1) is 11.3 Å². The third-order valence-corrected chi connectivity index (χ3v) is 8.28. The molecule has 2 aromatic carbocycles. The summed E-state index contributed by atoms with van der Waals surface area (Å²) < 4.78 is 28.4. The summed E-state index contributed by atoms with van der Waals surface area (Å²) in [5, 5.41) is 4.26. The summed E-state index contributed by atoms with van der Waals surface area (Å²) in [6, 6.07) is 13.5. The molecule has 0 spiro atoms. The van der Waals surface area contributed by atoms with Gasteiger partial charge in [-0.1, -0.05) is 50.6 Å². The topological polar surface area (TPSA) is 68.2 Å². The van der Waals surface area contributed by atoms with Crippen molar-refractivity contribution in [2.45, 2.75) is 62.4 Å². The summed E-state index contributed by atoms with van der Waals surface area (Å²) in [4.78, 5) is 13.3. The van der Waals surface area contributed by atoms with Crippen LogP contribution in [0.5, 0.6) is 0 Å². The van der Waals surface area contributed by atoms with Crippen molar-refractivity contribution in [3.05, 3.63) is 59.8 Å².